The summed E-state index contributed by atoms with van der Waals surface area (Å²) in [6, 6.07) is 0. The van der Waals surface area contributed by atoms with Crippen molar-refractivity contribution in [2.24, 2.45) is 0 Å². The van der Waals surface area contributed by atoms with Gasteiger partial charge in [0, 0.05) is 0 Å². The second-order valence-corrected chi connectivity index (χ2v) is 5.68. The molecule has 0 aliphatic carbocycles. The molecule has 0 aromatic heterocycles. The van der Waals surface area contributed by atoms with Crippen LogP contribution in [-0.4, -0.2) is 79.7 Å². The molecule has 0 unspecified atom stereocenters. The number of hydrogen-bond donors (Lipinski definition) is 4. The molecule has 0 bridgehead atoms. The second kappa shape index (κ2) is 10.3. The monoisotopic (exact) mass is 484 g/mol. The first-order valence-corrected chi connectivity index (χ1v) is 6.39. The van der Waals surface area contributed by atoms with Gasteiger partial charge in [0.05, 0.1) is 12.3 Å². The molecular formula is C3H15ClO6P2Sn2. The molecule has 14 heavy (non-hydrogen) atoms. The van der Waals surface area contributed by atoms with Crippen LogP contribution in [0.3, 0.4) is 0 Å². The van der Waals surface area contributed by atoms with E-state index in [-0.39, 0.29) is 66.6 Å². The maximum absolute atomic E-state index is 10.2. The molecule has 0 atom stereocenters. The van der Waals surface area contributed by atoms with Gasteiger partial charge in [0.1, 0.15) is 0 Å². The van der Waals surface area contributed by atoms with Crippen LogP contribution in [-0.2, 0) is 9.13 Å². The van der Waals surface area contributed by atoms with Crippen molar-refractivity contribution >= 4 is 75.4 Å². The average Bonchev–Trinajstić information content (AvgIpc) is 1.55. The van der Waals surface area contributed by atoms with E-state index in [2.05, 4.69) is 0 Å². The Morgan fingerprint density at radius 1 is 0.786 bits per heavy atom. The standard InChI is InChI=1S/C3H10O6P2.ClH.2Sn.4H/c4-10(5,6)2-1-3-11(7,8)9;;;;;;;/h1-3H2,(H2,4,5,6)(H2,7,8,9);1H;;;;;;. The Morgan fingerprint density at radius 3 is 1.14 bits per heavy atom. The Labute approximate surface area is 122 Å². The third-order valence-corrected chi connectivity index (χ3v) is 2.70. The zero-order valence-electron chi connectivity index (χ0n) is 7.44. The van der Waals surface area contributed by atoms with Gasteiger partial charge in [-0.2, -0.15) is 0 Å². The van der Waals surface area contributed by atoms with E-state index in [9.17, 15) is 9.13 Å². The summed E-state index contributed by atoms with van der Waals surface area (Å²) in [5.41, 5.74) is 0. The Bertz CT molecular complexity index is 191. The summed E-state index contributed by atoms with van der Waals surface area (Å²) < 4.78 is 20.3. The Balaban J connectivity index is -0.000000167. The van der Waals surface area contributed by atoms with Gasteiger partial charge in [-0.25, -0.2) is 0 Å². The second-order valence-electron chi connectivity index (χ2n) is 2.13. The van der Waals surface area contributed by atoms with E-state index in [1.807, 2.05) is 0 Å². The van der Waals surface area contributed by atoms with Gasteiger partial charge in [0.15, 0.2) is 0 Å². The van der Waals surface area contributed by atoms with Crippen LogP contribution in [0.5, 0.6) is 0 Å². The first kappa shape index (κ1) is 25.1. The Morgan fingerprint density at radius 2 is 1.00 bits per heavy atom. The van der Waals surface area contributed by atoms with E-state index in [0.29, 0.717) is 0 Å². The van der Waals surface area contributed by atoms with Gasteiger partial charge in [-0.1, -0.05) is 0 Å². The minimum absolute atomic E-state index is 0. The third kappa shape index (κ3) is 23.8. The number of rotatable bonds is 4. The van der Waals surface area contributed by atoms with Gasteiger partial charge >= 0.3 is 63.0 Å². The topological polar surface area (TPSA) is 115 Å². The first-order valence-electron chi connectivity index (χ1n) is 2.80. The summed E-state index contributed by atoms with van der Waals surface area (Å²) >= 11 is 0. The zero-order valence-corrected chi connectivity index (χ0v) is 18.1. The van der Waals surface area contributed by atoms with E-state index in [0.717, 1.165) is 0 Å². The van der Waals surface area contributed by atoms with E-state index in [1.165, 1.54) is 0 Å². The van der Waals surface area contributed by atoms with Crippen LogP contribution in [0.25, 0.3) is 0 Å². The molecule has 0 rings (SSSR count). The van der Waals surface area contributed by atoms with E-state index < -0.39 is 27.5 Å². The van der Waals surface area contributed by atoms with E-state index in [4.69, 9.17) is 19.6 Å². The van der Waals surface area contributed by atoms with Crippen molar-refractivity contribution < 1.29 is 28.7 Å². The van der Waals surface area contributed by atoms with Crippen LogP contribution in [0, 0.1) is 0 Å². The fourth-order valence-corrected chi connectivity index (χ4v) is 1.87. The SMILES string of the molecule is Cl.O=P(O)(O)CCCP(=O)(O)O.[SnH2].[SnH2]. The summed E-state index contributed by atoms with van der Waals surface area (Å²) in [4.78, 5) is 33.1. The molecule has 0 heterocycles. The zero-order chi connectivity index (χ0) is 9.12. The Hall–Kier alpha value is 2.19. The van der Waals surface area contributed by atoms with Crippen LogP contribution in [0.15, 0.2) is 0 Å². The van der Waals surface area contributed by atoms with Crippen LogP contribution in [0.4, 0.5) is 0 Å². The van der Waals surface area contributed by atoms with Crippen molar-refractivity contribution in [1.29, 1.82) is 0 Å². The Kier molecular flexibility index (Phi) is 18.6. The van der Waals surface area contributed by atoms with Gasteiger partial charge in [-0.3, -0.25) is 9.13 Å². The van der Waals surface area contributed by atoms with Crippen LogP contribution < -0.4 is 0 Å². The van der Waals surface area contributed by atoms with E-state index >= 15 is 0 Å². The molecular weight excluding hydrogens is 467 g/mol. The van der Waals surface area contributed by atoms with Crippen molar-refractivity contribution in [3.8, 4) is 0 Å². The molecule has 0 amide bonds. The van der Waals surface area contributed by atoms with Crippen LogP contribution in [0.1, 0.15) is 6.42 Å². The van der Waals surface area contributed by atoms with Gasteiger partial charge in [-0.15, -0.1) is 12.4 Å². The van der Waals surface area contributed by atoms with Crippen LogP contribution in [0.2, 0.25) is 0 Å². The molecule has 0 aliphatic heterocycles. The molecule has 0 aromatic rings. The summed E-state index contributed by atoms with van der Waals surface area (Å²) in [5.74, 6) is 0. The molecule has 0 fully saturated rings. The van der Waals surface area contributed by atoms with Crippen molar-refractivity contribution in [3.63, 3.8) is 0 Å². The van der Waals surface area contributed by atoms with Crippen LogP contribution >= 0.6 is 27.6 Å². The van der Waals surface area contributed by atoms with Crippen molar-refractivity contribution in [2.75, 3.05) is 12.3 Å². The van der Waals surface area contributed by atoms with Crippen molar-refractivity contribution in [3.05, 3.63) is 0 Å². The summed E-state index contributed by atoms with van der Waals surface area (Å²) in [6.07, 6.45) is -1.11. The predicted octanol–water partition coefficient (Wildman–Crippen LogP) is -1.68. The van der Waals surface area contributed by atoms with Crippen molar-refractivity contribution in [2.45, 2.75) is 6.42 Å². The average molecular weight is 482 g/mol. The number of halogens is 1. The molecule has 11 heteroatoms. The molecule has 0 aromatic carbocycles. The fourth-order valence-electron chi connectivity index (χ4n) is 0.483. The normalized spacial score (nSPS) is 10.6. The molecule has 0 aliphatic rings. The molecule has 0 saturated heterocycles. The molecule has 0 spiro atoms. The van der Waals surface area contributed by atoms with Gasteiger partial charge < -0.3 is 19.6 Å². The molecule has 6 nitrogen and oxygen atoms in total. The molecule has 0 saturated carbocycles. The summed E-state index contributed by atoms with van der Waals surface area (Å²) in [6.45, 7) is 0. The first-order chi connectivity index (χ1) is 4.71. The molecule has 4 radical (unpaired) electrons. The predicted molar refractivity (Wildman–Crippen MR) is 62.8 cm³/mol. The number of hydrogen-bond acceptors (Lipinski definition) is 2. The third-order valence-electron chi connectivity index (χ3n) is 0.899. The quantitative estimate of drug-likeness (QED) is 0.282. The maximum atomic E-state index is 10.2. The van der Waals surface area contributed by atoms with Gasteiger partial charge in [0.25, 0.3) is 0 Å². The molecule has 4 N–H and O–H groups in total. The van der Waals surface area contributed by atoms with Gasteiger partial charge in [-0.05, 0) is 6.42 Å². The van der Waals surface area contributed by atoms with E-state index in [1.54, 1.807) is 0 Å². The summed E-state index contributed by atoms with van der Waals surface area (Å²) in [7, 11) is -8.19. The van der Waals surface area contributed by atoms with Gasteiger partial charge in [0.2, 0.25) is 0 Å². The minimum atomic E-state index is -4.10. The summed E-state index contributed by atoms with van der Waals surface area (Å²) in [5, 5.41) is 0. The molecule has 88 valence electrons. The fraction of sp³-hybridized carbons (Fsp3) is 1.00. The van der Waals surface area contributed by atoms with Crippen molar-refractivity contribution in [1.82, 2.24) is 0 Å².